The van der Waals surface area contributed by atoms with E-state index in [1.54, 1.807) is 6.07 Å². The molecule has 1 aliphatic rings. The van der Waals surface area contributed by atoms with E-state index in [1.807, 2.05) is 13.8 Å². The summed E-state index contributed by atoms with van der Waals surface area (Å²) in [6.45, 7) is 5.42. The second-order valence-electron chi connectivity index (χ2n) is 5.92. The highest BCUT2D eigenvalue weighted by Gasteiger charge is 2.22. The van der Waals surface area contributed by atoms with Crippen molar-refractivity contribution in [2.75, 3.05) is 18.0 Å². The van der Waals surface area contributed by atoms with Crippen molar-refractivity contribution in [1.29, 1.82) is 0 Å². The van der Waals surface area contributed by atoms with Crippen LogP contribution in [-0.2, 0) is 0 Å². The summed E-state index contributed by atoms with van der Waals surface area (Å²) in [5.41, 5.74) is 5.68. The van der Waals surface area contributed by atoms with Crippen LogP contribution in [0.4, 0.5) is 5.82 Å². The molecule has 5 nitrogen and oxygen atoms in total. The Morgan fingerprint density at radius 3 is 2.70 bits per heavy atom. The maximum Gasteiger partial charge on any atom is 0.252 e. The summed E-state index contributed by atoms with van der Waals surface area (Å²) >= 11 is 0. The molecule has 0 atom stereocenters. The van der Waals surface area contributed by atoms with Gasteiger partial charge in [-0.2, -0.15) is 0 Å². The first-order valence-electron chi connectivity index (χ1n) is 7.69. The first-order chi connectivity index (χ1) is 9.61. The summed E-state index contributed by atoms with van der Waals surface area (Å²) in [4.78, 5) is 21.6. The number of H-pyrrole nitrogens is 1. The number of hydrogen-bond donors (Lipinski definition) is 2. The second-order valence-corrected chi connectivity index (χ2v) is 5.92. The number of aromatic amines is 1. The Kier molecular flexibility index (Phi) is 5.17. The van der Waals surface area contributed by atoms with Gasteiger partial charge in [0.05, 0.1) is 0 Å². The molecule has 1 aliphatic carbocycles. The molecular formula is C15H26N4O. The van der Waals surface area contributed by atoms with E-state index in [-0.39, 0.29) is 11.5 Å². The summed E-state index contributed by atoms with van der Waals surface area (Å²) in [6, 6.07) is 2.08. The fourth-order valence-electron chi connectivity index (χ4n) is 2.90. The van der Waals surface area contributed by atoms with Crippen molar-refractivity contribution in [2.45, 2.75) is 57.9 Å². The van der Waals surface area contributed by atoms with Crippen LogP contribution in [0.25, 0.3) is 0 Å². The Morgan fingerprint density at radius 2 is 2.10 bits per heavy atom. The third-order valence-electron chi connectivity index (χ3n) is 3.97. The van der Waals surface area contributed by atoms with Crippen molar-refractivity contribution in [1.82, 2.24) is 9.97 Å². The highest BCUT2D eigenvalue weighted by Crippen LogP contribution is 2.25. The van der Waals surface area contributed by atoms with Gasteiger partial charge in [0.15, 0.2) is 0 Å². The molecule has 0 aliphatic heterocycles. The van der Waals surface area contributed by atoms with E-state index in [0.717, 1.165) is 18.2 Å². The van der Waals surface area contributed by atoms with Gasteiger partial charge in [0.25, 0.3) is 5.56 Å². The molecule has 0 saturated heterocycles. The Bertz CT molecular complexity index is 477. The number of nitrogens with two attached hydrogens (primary N) is 1. The van der Waals surface area contributed by atoms with Crippen LogP contribution >= 0.6 is 0 Å². The lowest BCUT2D eigenvalue weighted by Crippen LogP contribution is -2.41. The van der Waals surface area contributed by atoms with E-state index in [0.29, 0.717) is 12.6 Å². The normalized spacial score (nSPS) is 16.6. The zero-order chi connectivity index (χ0) is 14.5. The fraction of sp³-hybridized carbons (Fsp3) is 0.733. The molecule has 1 aromatic heterocycles. The number of rotatable bonds is 5. The SMILES string of the molecule is CC(C)c1nc(N(CCN)C2CCCCC2)cc(=O)[nH]1. The monoisotopic (exact) mass is 278 g/mol. The Labute approximate surface area is 120 Å². The third-order valence-corrected chi connectivity index (χ3v) is 3.97. The van der Waals surface area contributed by atoms with Crippen LogP contribution in [0, 0.1) is 0 Å². The van der Waals surface area contributed by atoms with E-state index < -0.39 is 0 Å². The summed E-state index contributed by atoms with van der Waals surface area (Å²) in [5.74, 6) is 1.76. The van der Waals surface area contributed by atoms with Crippen molar-refractivity contribution in [3.8, 4) is 0 Å². The summed E-state index contributed by atoms with van der Waals surface area (Å²) in [5, 5.41) is 0. The molecule has 0 unspecified atom stereocenters. The van der Waals surface area contributed by atoms with Crippen LogP contribution in [-0.4, -0.2) is 29.1 Å². The van der Waals surface area contributed by atoms with Gasteiger partial charge < -0.3 is 15.6 Å². The average molecular weight is 278 g/mol. The molecule has 112 valence electrons. The first-order valence-corrected chi connectivity index (χ1v) is 7.69. The molecule has 2 rings (SSSR count). The largest absolute Gasteiger partial charge is 0.352 e. The van der Waals surface area contributed by atoms with Gasteiger partial charge in [-0.3, -0.25) is 4.79 Å². The summed E-state index contributed by atoms with van der Waals surface area (Å²) < 4.78 is 0. The van der Waals surface area contributed by atoms with Gasteiger partial charge in [-0.15, -0.1) is 0 Å². The zero-order valence-corrected chi connectivity index (χ0v) is 12.6. The number of aromatic nitrogens is 2. The zero-order valence-electron chi connectivity index (χ0n) is 12.6. The molecular weight excluding hydrogens is 252 g/mol. The van der Waals surface area contributed by atoms with Gasteiger partial charge in [0.2, 0.25) is 0 Å². The molecule has 0 radical (unpaired) electrons. The molecule has 1 saturated carbocycles. The van der Waals surface area contributed by atoms with Crippen LogP contribution in [0.15, 0.2) is 10.9 Å². The van der Waals surface area contributed by atoms with Crippen LogP contribution in [0.2, 0.25) is 0 Å². The Morgan fingerprint density at radius 1 is 1.40 bits per heavy atom. The van der Waals surface area contributed by atoms with Crippen molar-refractivity contribution in [3.05, 3.63) is 22.2 Å². The minimum absolute atomic E-state index is 0.0727. The lowest BCUT2D eigenvalue weighted by atomic mass is 9.94. The quantitative estimate of drug-likeness (QED) is 0.863. The fourth-order valence-corrected chi connectivity index (χ4v) is 2.90. The van der Waals surface area contributed by atoms with Crippen LogP contribution in [0.5, 0.6) is 0 Å². The predicted octanol–water partition coefficient (Wildman–Crippen LogP) is 1.99. The first kappa shape index (κ1) is 15.0. The number of hydrogen-bond acceptors (Lipinski definition) is 4. The van der Waals surface area contributed by atoms with E-state index in [2.05, 4.69) is 14.9 Å². The molecule has 0 spiro atoms. The molecule has 1 heterocycles. The summed E-state index contributed by atoms with van der Waals surface area (Å²) in [6.07, 6.45) is 6.17. The smallest absolute Gasteiger partial charge is 0.252 e. The van der Waals surface area contributed by atoms with Crippen molar-refractivity contribution in [2.24, 2.45) is 5.73 Å². The Balaban J connectivity index is 2.30. The minimum atomic E-state index is -0.0727. The molecule has 20 heavy (non-hydrogen) atoms. The lowest BCUT2D eigenvalue weighted by Gasteiger charge is -2.35. The molecule has 1 fully saturated rings. The Hall–Kier alpha value is -1.36. The maximum absolute atomic E-state index is 11.9. The van der Waals surface area contributed by atoms with Gasteiger partial charge in [0.1, 0.15) is 11.6 Å². The van der Waals surface area contributed by atoms with Gasteiger partial charge in [-0.25, -0.2) is 4.98 Å². The van der Waals surface area contributed by atoms with Gasteiger partial charge in [-0.1, -0.05) is 33.1 Å². The molecule has 5 heteroatoms. The van der Waals surface area contributed by atoms with E-state index in [4.69, 9.17) is 5.73 Å². The molecule has 1 aromatic rings. The number of anilines is 1. The van der Waals surface area contributed by atoms with E-state index >= 15 is 0 Å². The molecule has 0 bridgehead atoms. The van der Waals surface area contributed by atoms with Gasteiger partial charge >= 0.3 is 0 Å². The van der Waals surface area contributed by atoms with Crippen molar-refractivity contribution >= 4 is 5.82 Å². The maximum atomic E-state index is 11.9. The third kappa shape index (κ3) is 3.60. The van der Waals surface area contributed by atoms with E-state index in [1.165, 1.54) is 32.1 Å². The lowest BCUT2D eigenvalue weighted by molar-refractivity contribution is 0.413. The minimum Gasteiger partial charge on any atom is -0.352 e. The summed E-state index contributed by atoms with van der Waals surface area (Å²) in [7, 11) is 0. The van der Waals surface area contributed by atoms with Gasteiger partial charge in [0, 0.05) is 31.1 Å². The molecule has 3 N–H and O–H groups in total. The van der Waals surface area contributed by atoms with Crippen LogP contribution in [0.1, 0.15) is 57.7 Å². The van der Waals surface area contributed by atoms with Crippen LogP contribution < -0.4 is 16.2 Å². The predicted molar refractivity (Wildman–Crippen MR) is 82.2 cm³/mol. The number of nitrogens with one attached hydrogen (secondary N) is 1. The number of nitrogens with zero attached hydrogens (tertiary/aromatic N) is 2. The second kappa shape index (κ2) is 6.88. The highest BCUT2D eigenvalue weighted by atomic mass is 16.1. The van der Waals surface area contributed by atoms with Crippen molar-refractivity contribution < 1.29 is 0 Å². The molecule has 0 amide bonds. The average Bonchev–Trinajstić information content (AvgIpc) is 2.45. The van der Waals surface area contributed by atoms with Crippen molar-refractivity contribution in [3.63, 3.8) is 0 Å². The van der Waals surface area contributed by atoms with Gasteiger partial charge in [-0.05, 0) is 12.8 Å². The highest BCUT2D eigenvalue weighted by molar-refractivity contribution is 5.39. The standard InChI is InChI=1S/C15H26N4O/c1-11(2)15-17-13(10-14(20)18-15)19(9-8-16)12-6-4-3-5-7-12/h10-12H,3-9,16H2,1-2H3,(H,17,18,20). The topological polar surface area (TPSA) is 75.0 Å². The van der Waals surface area contributed by atoms with E-state index in [9.17, 15) is 4.79 Å². The molecule has 0 aromatic carbocycles. The van der Waals surface area contributed by atoms with Crippen LogP contribution in [0.3, 0.4) is 0 Å².